The summed E-state index contributed by atoms with van der Waals surface area (Å²) in [5, 5.41) is 13.2. The molecule has 106 valence electrons. The fourth-order valence-electron chi connectivity index (χ4n) is 2.83. The molecule has 2 aromatic carbocycles. The lowest BCUT2D eigenvalue weighted by Gasteiger charge is -2.34. The molecule has 0 fully saturated rings. The highest BCUT2D eigenvalue weighted by Crippen LogP contribution is 2.33. The topological polar surface area (TPSA) is 35.8 Å². The molecule has 2 nitrogen and oxygen atoms in total. The second-order valence-electron chi connectivity index (χ2n) is 5.42. The highest BCUT2D eigenvalue weighted by Gasteiger charge is 2.34. The van der Waals surface area contributed by atoms with E-state index in [1.807, 2.05) is 30.3 Å². The third kappa shape index (κ3) is 3.14. The van der Waals surface area contributed by atoms with Crippen LogP contribution in [-0.2, 0) is 12.8 Å². The first kappa shape index (κ1) is 14.6. The number of fused-ring (bicyclic) bond motifs is 1. The molecule has 0 saturated heterocycles. The van der Waals surface area contributed by atoms with E-state index >= 15 is 0 Å². The van der Waals surface area contributed by atoms with Crippen LogP contribution in [0, 0.1) is 11.3 Å². The summed E-state index contributed by atoms with van der Waals surface area (Å²) in [7, 11) is 0. The highest BCUT2D eigenvalue weighted by molar-refractivity contribution is 9.10. The van der Waals surface area contributed by atoms with Gasteiger partial charge in [0.15, 0.2) is 0 Å². The third-order valence-corrected chi connectivity index (χ3v) is 4.89. The van der Waals surface area contributed by atoms with Gasteiger partial charge < -0.3 is 5.32 Å². The second-order valence-corrected chi connectivity index (χ2v) is 7.25. The van der Waals surface area contributed by atoms with Gasteiger partial charge in [-0.3, -0.25) is 0 Å². The number of halogens is 2. The van der Waals surface area contributed by atoms with Crippen molar-refractivity contribution >= 4 is 37.5 Å². The Kier molecular flexibility index (Phi) is 4.05. The van der Waals surface area contributed by atoms with Crippen molar-refractivity contribution in [3.8, 4) is 6.07 Å². The summed E-state index contributed by atoms with van der Waals surface area (Å²) in [6, 6.07) is 16.8. The van der Waals surface area contributed by atoms with Crippen molar-refractivity contribution in [2.75, 3.05) is 5.32 Å². The van der Waals surface area contributed by atoms with E-state index in [0.717, 1.165) is 33.9 Å². The zero-order valence-corrected chi connectivity index (χ0v) is 14.5. The van der Waals surface area contributed by atoms with Crippen LogP contribution < -0.4 is 5.32 Å². The summed E-state index contributed by atoms with van der Waals surface area (Å²) in [5.41, 5.74) is 3.05. The van der Waals surface area contributed by atoms with Crippen molar-refractivity contribution in [2.24, 2.45) is 0 Å². The van der Waals surface area contributed by atoms with Crippen LogP contribution in [0.5, 0.6) is 0 Å². The van der Waals surface area contributed by atoms with Crippen molar-refractivity contribution in [3.05, 3.63) is 62.5 Å². The molecule has 2 aromatic rings. The smallest absolute Gasteiger partial charge is 0.129 e. The van der Waals surface area contributed by atoms with Crippen LogP contribution in [0.15, 0.2) is 51.4 Å². The summed E-state index contributed by atoms with van der Waals surface area (Å²) in [6.45, 7) is 0. The number of aryl methyl sites for hydroxylation is 1. The monoisotopic (exact) mass is 404 g/mol. The molecule has 1 aliphatic carbocycles. The molecule has 0 amide bonds. The molecule has 1 N–H and O–H groups in total. The Bertz CT molecular complexity index is 721. The molecular formula is C17H14Br2N2. The molecule has 3 rings (SSSR count). The molecule has 0 aliphatic heterocycles. The first-order valence-corrected chi connectivity index (χ1v) is 8.41. The number of nitriles is 1. The van der Waals surface area contributed by atoms with Gasteiger partial charge in [0.2, 0.25) is 0 Å². The van der Waals surface area contributed by atoms with E-state index < -0.39 is 5.54 Å². The molecule has 0 spiro atoms. The fraction of sp³-hybridized carbons (Fsp3) is 0.235. The Balaban J connectivity index is 1.89. The number of nitrogens with one attached hydrogen (secondary N) is 1. The number of hydrogen-bond acceptors (Lipinski definition) is 2. The molecule has 0 aromatic heterocycles. The summed E-state index contributed by atoms with van der Waals surface area (Å²) < 4.78 is 2.12. The predicted molar refractivity (Wildman–Crippen MR) is 92.3 cm³/mol. The van der Waals surface area contributed by atoms with Gasteiger partial charge in [0, 0.05) is 21.1 Å². The number of rotatable bonds is 2. The van der Waals surface area contributed by atoms with Gasteiger partial charge in [0.25, 0.3) is 0 Å². The van der Waals surface area contributed by atoms with Gasteiger partial charge in [-0.1, -0.05) is 44.0 Å². The molecule has 1 aliphatic rings. The van der Waals surface area contributed by atoms with Crippen LogP contribution in [0.4, 0.5) is 5.69 Å². The molecule has 0 bridgehead atoms. The van der Waals surface area contributed by atoms with Gasteiger partial charge in [-0.25, -0.2) is 0 Å². The molecule has 0 saturated carbocycles. The lowest BCUT2D eigenvalue weighted by molar-refractivity contribution is 0.507. The number of nitrogens with zero attached hydrogens (tertiary/aromatic N) is 1. The van der Waals surface area contributed by atoms with Crippen LogP contribution in [0.3, 0.4) is 0 Å². The summed E-state index contributed by atoms with van der Waals surface area (Å²) >= 11 is 6.98. The van der Waals surface area contributed by atoms with E-state index in [-0.39, 0.29) is 0 Å². The molecule has 0 radical (unpaired) electrons. The van der Waals surface area contributed by atoms with Gasteiger partial charge >= 0.3 is 0 Å². The van der Waals surface area contributed by atoms with Crippen LogP contribution >= 0.6 is 31.9 Å². The standard InChI is InChI=1S/C17H14Br2N2/c18-14-2-1-3-16(9-14)21-17(11-20)7-6-12-8-15(19)5-4-13(12)10-17/h1-5,8-9,21H,6-7,10H2. The quantitative estimate of drug-likeness (QED) is 0.756. The van der Waals surface area contributed by atoms with E-state index in [1.54, 1.807) is 0 Å². The molecule has 1 atom stereocenters. The summed E-state index contributed by atoms with van der Waals surface area (Å²) in [6.07, 6.45) is 2.47. The van der Waals surface area contributed by atoms with Crippen LogP contribution in [-0.4, -0.2) is 5.54 Å². The van der Waals surface area contributed by atoms with E-state index in [2.05, 4.69) is 55.4 Å². The van der Waals surface area contributed by atoms with Gasteiger partial charge in [-0.15, -0.1) is 0 Å². The van der Waals surface area contributed by atoms with Crippen LogP contribution in [0.25, 0.3) is 0 Å². The fourth-order valence-corrected chi connectivity index (χ4v) is 3.64. The largest absolute Gasteiger partial charge is 0.367 e. The van der Waals surface area contributed by atoms with Crippen molar-refractivity contribution in [1.29, 1.82) is 5.26 Å². The second kappa shape index (κ2) is 5.82. The zero-order chi connectivity index (χ0) is 14.9. The molecule has 21 heavy (non-hydrogen) atoms. The highest BCUT2D eigenvalue weighted by atomic mass is 79.9. The van der Waals surface area contributed by atoms with Crippen LogP contribution in [0.1, 0.15) is 17.5 Å². The number of hydrogen-bond donors (Lipinski definition) is 1. The average Bonchev–Trinajstić information content (AvgIpc) is 2.47. The average molecular weight is 406 g/mol. The SMILES string of the molecule is N#CC1(Nc2cccc(Br)c2)CCc2cc(Br)ccc2C1. The van der Waals surface area contributed by atoms with E-state index in [0.29, 0.717) is 0 Å². The first-order chi connectivity index (χ1) is 10.1. The summed E-state index contributed by atoms with van der Waals surface area (Å²) in [5.74, 6) is 0. The minimum absolute atomic E-state index is 0.526. The Morgan fingerprint density at radius 3 is 2.62 bits per heavy atom. The zero-order valence-electron chi connectivity index (χ0n) is 11.4. The third-order valence-electron chi connectivity index (χ3n) is 3.90. The van der Waals surface area contributed by atoms with Gasteiger partial charge in [0.1, 0.15) is 5.54 Å². The van der Waals surface area contributed by atoms with E-state index in [9.17, 15) is 5.26 Å². The normalized spacial score (nSPS) is 20.4. The Morgan fingerprint density at radius 1 is 1.05 bits per heavy atom. The van der Waals surface area contributed by atoms with Gasteiger partial charge in [-0.05, 0) is 54.3 Å². The lowest BCUT2D eigenvalue weighted by atomic mass is 9.78. The number of anilines is 1. The van der Waals surface area contributed by atoms with Crippen LogP contribution in [0.2, 0.25) is 0 Å². The number of benzene rings is 2. The molecule has 4 heteroatoms. The maximum Gasteiger partial charge on any atom is 0.129 e. The molecule has 0 heterocycles. The Morgan fingerprint density at radius 2 is 1.86 bits per heavy atom. The van der Waals surface area contributed by atoms with Gasteiger partial charge in [0.05, 0.1) is 6.07 Å². The Labute approximate surface area is 141 Å². The molecular weight excluding hydrogens is 392 g/mol. The predicted octanol–water partition coefficient (Wildman–Crippen LogP) is 5.07. The summed E-state index contributed by atoms with van der Waals surface area (Å²) in [4.78, 5) is 0. The van der Waals surface area contributed by atoms with E-state index in [4.69, 9.17) is 0 Å². The Hall–Kier alpha value is -1.31. The van der Waals surface area contributed by atoms with Gasteiger partial charge in [-0.2, -0.15) is 5.26 Å². The minimum Gasteiger partial charge on any atom is -0.367 e. The minimum atomic E-state index is -0.526. The molecule has 1 unspecified atom stereocenters. The van der Waals surface area contributed by atoms with E-state index in [1.165, 1.54) is 11.1 Å². The first-order valence-electron chi connectivity index (χ1n) is 6.83. The lowest BCUT2D eigenvalue weighted by Crippen LogP contribution is -2.42. The van der Waals surface area contributed by atoms with Crippen molar-refractivity contribution in [2.45, 2.75) is 24.8 Å². The maximum atomic E-state index is 9.72. The van der Waals surface area contributed by atoms with Crippen molar-refractivity contribution in [3.63, 3.8) is 0 Å². The van der Waals surface area contributed by atoms with Crippen molar-refractivity contribution < 1.29 is 0 Å². The van der Waals surface area contributed by atoms with Crippen molar-refractivity contribution in [1.82, 2.24) is 0 Å². The maximum absolute atomic E-state index is 9.72.